The first-order chi connectivity index (χ1) is 29.3. The first-order valence-corrected chi connectivity index (χ1v) is 21.7. The van der Waals surface area contributed by atoms with Gasteiger partial charge in [-0.25, -0.2) is 14.4 Å². The lowest BCUT2D eigenvalue weighted by molar-refractivity contribution is -0.146. The quantitative estimate of drug-likeness (QED) is 0.266. The van der Waals surface area contributed by atoms with Crippen LogP contribution in [0.15, 0.2) is 45.6 Å². The molecule has 17 nitrogen and oxygen atoms in total. The summed E-state index contributed by atoms with van der Waals surface area (Å²) in [5.74, 6) is -1.16. The van der Waals surface area contributed by atoms with Gasteiger partial charge in [0.2, 0.25) is 5.91 Å². The number of fused-ring (bicyclic) bond motifs is 2. The third-order valence-corrected chi connectivity index (χ3v) is 12.7. The number of likely N-dealkylation sites (tertiary alicyclic amines) is 2. The average molecular weight is 845 g/mol. The van der Waals surface area contributed by atoms with Crippen LogP contribution in [0.4, 0.5) is 15.3 Å². The Hall–Kier alpha value is -5.42. The molecule has 0 radical (unpaired) electrons. The van der Waals surface area contributed by atoms with Crippen molar-refractivity contribution in [2.75, 3.05) is 91.5 Å². The number of likely N-dealkylation sites (N-methyl/N-ethyl adjacent to an activating group) is 1. The van der Waals surface area contributed by atoms with Crippen LogP contribution in [-0.4, -0.2) is 168 Å². The van der Waals surface area contributed by atoms with E-state index in [1.165, 1.54) is 4.57 Å². The molecule has 0 saturated carbocycles. The molecule has 3 saturated heterocycles. The number of nitrogens with one attached hydrogen (secondary N) is 1. The van der Waals surface area contributed by atoms with Crippen LogP contribution in [0.5, 0.6) is 0 Å². The maximum absolute atomic E-state index is 14.4. The number of aryl methyl sites for hydroxylation is 2. The first kappa shape index (κ1) is 43.7. The van der Waals surface area contributed by atoms with Crippen LogP contribution in [0.1, 0.15) is 55.2 Å². The van der Waals surface area contributed by atoms with Crippen LogP contribution >= 0.6 is 0 Å². The van der Waals surface area contributed by atoms with Crippen molar-refractivity contribution in [2.45, 2.75) is 76.5 Å². The number of esters is 1. The summed E-state index contributed by atoms with van der Waals surface area (Å²) in [6.45, 7) is 7.60. The smallest absolute Gasteiger partial charge is 0.419 e. The van der Waals surface area contributed by atoms with Crippen molar-refractivity contribution >= 4 is 46.7 Å². The van der Waals surface area contributed by atoms with Crippen molar-refractivity contribution in [1.82, 2.24) is 34.0 Å². The number of nitrogens with zero attached hydrogens (tertiary/aromatic N) is 7. The molecule has 0 aliphatic carbocycles. The molecule has 1 N–H and O–H groups in total. The number of amides is 5. The molecular formula is C44H60N8O9. The second-order valence-electron chi connectivity index (χ2n) is 17.0. The molecule has 1 atom stereocenters. The molecule has 2 aromatic carbocycles. The number of hydrogen-bond donors (Lipinski definition) is 1. The van der Waals surface area contributed by atoms with Gasteiger partial charge in [0.05, 0.1) is 11.9 Å². The zero-order valence-electron chi connectivity index (χ0n) is 35.9. The minimum Gasteiger partial charge on any atom is -0.464 e. The van der Waals surface area contributed by atoms with Crippen LogP contribution < -0.4 is 11.1 Å². The Bertz CT molecular complexity index is 2130. The zero-order chi connectivity index (χ0) is 43.2. The van der Waals surface area contributed by atoms with E-state index in [2.05, 4.69) is 10.2 Å². The third-order valence-electron chi connectivity index (χ3n) is 12.7. The highest BCUT2D eigenvalue weighted by Crippen LogP contribution is 2.27. The van der Waals surface area contributed by atoms with E-state index in [0.29, 0.717) is 102 Å². The van der Waals surface area contributed by atoms with E-state index in [9.17, 15) is 28.8 Å². The number of aromatic nitrogens is 1. The van der Waals surface area contributed by atoms with Gasteiger partial charge in [0.15, 0.2) is 11.7 Å². The topological polar surface area (TPSA) is 170 Å². The van der Waals surface area contributed by atoms with Crippen LogP contribution in [0, 0.1) is 6.92 Å². The number of urea groups is 1. The van der Waals surface area contributed by atoms with Crippen molar-refractivity contribution in [3.05, 3.63) is 63.6 Å². The van der Waals surface area contributed by atoms with E-state index >= 15 is 0 Å². The zero-order valence-corrected chi connectivity index (χ0v) is 35.9. The molecule has 17 heteroatoms. The van der Waals surface area contributed by atoms with E-state index in [1.54, 1.807) is 22.9 Å². The molecule has 7 rings (SSSR count). The van der Waals surface area contributed by atoms with Crippen molar-refractivity contribution in [3.63, 3.8) is 0 Å². The third kappa shape index (κ3) is 10.6. The number of anilines is 1. The monoisotopic (exact) mass is 844 g/mol. The maximum Gasteiger partial charge on any atom is 0.419 e. The molecule has 1 aromatic heterocycles. The molecule has 330 valence electrons. The van der Waals surface area contributed by atoms with Crippen LogP contribution in [0.2, 0.25) is 0 Å². The molecule has 61 heavy (non-hydrogen) atoms. The van der Waals surface area contributed by atoms with Gasteiger partial charge in [-0.2, -0.15) is 0 Å². The Morgan fingerprint density at radius 3 is 2.26 bits per heavy atom. The maximum atomic E-state index is 14.4. The van der Waals surface area contributed by atoms with Crippen molar-refractivity contribution in [2.24, 2.45) is 7.05 Å². The second kappa shape index (κ2) is 19.5. The van der Waals surface area contributed by atoms with Crippen molar-refractivity contribution in [3.8, 4) is 0 Å². The predicted molar refractivity (Wildman–Crippen MR) is 227 cm³/mol. The Labute approximate surface area is 356 Å². The van der Waals surface area contributed by atoms with Gasteiger partial charge >= 0.3 is 23.8 Å². The van der Waals surface area contributed by atoms with Crippen LogP contribution in [0.25, 0.3) is 11.1 Å². The highest BCUT2D eigenvalue weighted by molar-refractivity contribution is 5.91. The number of oxazole rings is 1. The Morgan fingerprint density at radius 1 is 0.852 bits per heavy atom. The fourth-order valence-electron chi connectivity index (χ4n) is 9.16. The first-order valence-electron chi connectivity index (χ1n) is 21.7. The van der Waals surface area contributed by atoms with E-state index in [1.807, 2.05) is 66.1 Å². The van der Waals surface area contributed by atoms with E-state index in [4.69, 9.17) is 13.9 Å². The van der Waals surface area contributed by atoms with E-state index in [0.717, 1.165) is 36.1 Å². The normalized spacial score (nSPS) is 18.8. The minimum absolute atomic E-state index is 0.0381. The van der Waals surface area contributed by atoms with Gasteiger partial charge in [0.1, 0.15) is 6.61 Å². The summed E-state index contributed by atoms with van der Waals surface area (Å²) >= 11 is 0. The molecule has 4 aliphatic heterocycles. The summed E-state index contributed by atoms with van der Waals surface area (Å²) in [7, 11) is 5.46. The second-order valence-corrected chi connectivity index (χ2v) is 17.0. The van der Waals surface area contributed by atoms with Gasteiger partial charge in [-0.1, -0.05) is 24.3 Å². The lowest BCUT2D eigenvalue weighted by Gasteiger charge is -2.43. The molecule has 5 heterocycles. The van der Waals surface area contributed by atoms with Crippen LogP contribution in [0.3, 0.4) is 0 Å². The highest BCUT2D eigenvalue weighted by Gasteiger charge is 2.37. The summed E-state index contributed by atoms with van der Waals surface area (Å²) in [4.78, 5) is 90.1. The highest BCUT2D eigenvalue weighted by atomic mass is 16.6. The van der Waals surface area contributed by atoms with Crippen molar-refractivity contribution in [1.29, 1.82) is 0 Å². The molecule has 3 fully saturated rings. The van der Waals surface area contributed by atoms with Gasteiger partial charge < -0.3 is 43.7 Å². The molecule has 0 spiro atoms. The summed E-state index contributed by atoms with van der Waals surface area (Å²) < 4.78 is 18.3. The Morgan fingerprint density at radius 2 is 1.54 bits per heavy atom. The summed E-state index contributed by atoms with van der Waals surface area (Å²) in [6, 6.07) is 11.5. The lowest BCUT2D eigenvalue weighted by Crippen LogP contribution is -2.57. The standard InChI is InChI=1S/C44H60N8O9/c1-30-27-31(28-36-40(30)47(4)43(57)60-36)29-37(61-44(58)51-18-14-34(15-19-51)52-20-11-32-7-5-6-8-35(32)45-42(52)56)41(55)50-23-21-48(22-24-50)33-12-16-49(17-13-33)38(53)9-10-39(54)59-26-25-46(2)3/h5-8,27-28,33-34,37H,9-26,29H2,1-4H3,(H,45,56)/t37-/m1/s1. The van der Waals surface area contributed by atoms with Gasteiger partial charge in [0.25, 0.3) is 5.91 Å². The van der Waals surface area contributed by atoms with E-state index < -0.39 is 18.0 Å². The summed E-state index contributed by atoms with van der Waals surface area (Å²) in [6.07, 6.45) is 2.14. The molecule has 3 aromatic rings. The van der Waals surface area contributed by atoms with E-state index in [-0.39, 0.29) is 55.2 Å². The number of benzene rings is 2. The molecule has 0 bridgehead atoms. The summed E-state index contributed by atoms with van der Waals surface area (Å²) in [5.41, 5.74) is 4.51. The lowest BCUT2D eigenvalue weighted by atomic mass is 10.0. The molecular weight excluding hydrogens is 785 g/mol. The number of carbonyl (C=O) groups is 5. The molecule has 4 aliphatic rings. The fourth-order valence-corrected chi connectivity index (χ4v) is 9.16. The van der Waals surface area contributed by atoms with Gasteiger partial charge in [-0.3, -0.25) is 23.9 Å². The number of hydrogen-bond acceptors (Lipinski definition) is 11. The number of para-hydroxylation sites is 1. The van der Waals surface area contributed by atoms with Crippen molar-refractivity contribution < 1.29 is 37.9 Å². The van der Waals surface area contributed by atoms with Crippen LogP contribution in [-0.2, 0) is 43.7 Å². The SMILES string of the molecule is Cc1cc(C[C@@H](OC(=O)N2CCC(N3CCc4ccccc4NC3=O)CC2)C(=O)N2CCN(C3CCN(C(=O)CCC(=O)OCCN(C)C)CC3)CC2)cc2oc(=O)n(C)c12. The number of piperidine rings is 2. The predicted octanol–water partition coefficient (Wildman–Crippen LogP) is 3.06. The van der Waals surface area contributed by atoms with Gasteiger partial charge in [-0.05, 0) is 81.9 Å². The largest absolute Gasteiger partial charge is 0.464 e. The summed E-state index contributed by atoms with van der Waals surface area (Å²) in [5, 5.41) is 3.04. The molecule has 0 unspecified atom stereocenters. The minimum atomic E-state index is -1.11. The number of ether oxygens (including phenoxy) is 2. The number of rotatable bonds is 12. The Kier molecular flexibility index (Phi) is 14.0. The van der Waals surface area contributed by atoms with Gasteiger partial charge in [0, 0.05) is 103 Å². The number of carbonyl (C=O) groups excluding carboxylic acids is 5. The number of piperazine rings is 1. The average Bonchev–Trinajstić information content (AvgIpc) is 3.43. The fraction of sp³-hybridized carbons (Fsp3) is 0.591. The molecule has 5 amide bonds. The van der Waals surface area contributed by atoms with Gasteiger partial charge in [-0.15, -0.1) is 0 Å². The Balaban J connectivity index is 0.938.